The van der Waals surface area contributed by atoms with Gasteiger partial charge in [0.2, 0.25) is 5.91 Å². The minimum atomic E-state index is -0.592. The minimum Gasteiger partial charge on any atom is -0.458 e. The third-order valence-electron chi connectivity index (χ3n) is 6.68. The molecule has 1 amide bonds. The van der Waals surface area contributed by atoms with Crippen LogP contribution in [0.1, 0.15) is 72.0 Å². The van der Waals surface area contributed by atoms with Crippen molar-refractivity contribution in [3.05, 3.63) is 11.8 Å². The summed E-state index contributed by atoms with van der Waals surface area (Å²) in [5.41, 5.74) is -0.592. The second-order valence-electron chi connectivity index (χ2n) is 10.7. The van der Waals surface area contributed by atoms with E-state index in [9.17, 15) is 9.59 Å². The number of hydrogen-bond donors (Lipinski definition) is 0. The second kappa shape index (κ2) is 11.1. The summed E-state index contributed by atoms with van der Waals surface area (Å²) in [6.07, 6.45) is 3.04. The summed E-state index contributed by atoms with van der Waals surface area (Å²) in [6.45, 7) is 11.7. The summed E-state index contributed by atoms with van der Waals surface area (Å²) in [7, 11) is 3.34. The number of aromatic nitrogens is 1. The first-order valence-electron chi connectivity index (χ1n) is 12.4. The highest BCUT2D eigenvalue weighted by Gasteiger charge is 2.42. The number of piperidine rings is 1. The predicted molar refractivity (Wildman–Crippen MR) is 127 cm³/mol. The highest BCUT2D eigenvalue weighted by atomic mass is 16.7. The van der Waals surface area contributed by atoms with Gasteiger partial charge in [-0.05, 0) is 52.4 Å². The Morgan fingerprint density at radius 3 is 2.29 bits per heavy atom. The Bertz CT molecular complexity index is 821. The van der Waals surface area contributed by atoms with Crippen LogP contribution in [-0.2, 0) is 23.8 Å². The largest absolute Gasteiger partial charge is 0.458 e. The number of ether oxygens (including phenoxy) is 3. The van der Waals surface area contributed by atoms with Crippen LogP contribution in [0.5, 0.6) is 0 Å². The van der Waals surface area contributed by atoms with Crippen LogP contribution in [0, 0.1) is 11.8 Å². The zero-order chi connectivity index (χ0) is 25.0. The summed E-state index contributed by atoms with van der Waals surface area (Å²) in [5.74, 6) is 0.654. The molecule has 2 unspecified atom stereocenters. The van der Waals surface area contributed by atoms with Crippen molar-refractivity contribution in [2.24, 2.45) is 11.8 Å². The molecule has 3 rings (SSSR count). The Hall–Kier alpha value is -2.13. The first-order chi connectivity index (χ1) is 16.1. The average molecular weight is 480 g/mol. The average Bonchev–Trinajstić information content (AvgIpc) is 3.44. The fourth-order valence-electron chi connectivity index (χ4n) is 5.02. The van der Waals surface area contributed by atoms with E-state index in [1.54, 1.807) is 19.1 Å². The van der Waals surface area contributed by atoms with E-state index < -0.39 is 17.6 Å². The lowest BCUT2D eigenvalue weighted by Gasteiger charge is -2.34. The number of carbonyl (C=O) groups excluding carboxylic acids is 2. The minimum absolute atomic E-state index is 0.0110. The van der Waals surface area contributed by atoms with Crippen LogP contribution in [0.15, 0.2) is 10.6 Å². The van der Waals surface area contributed by atoms with Crippen LogP contribution < -0.4 is 4.90 Å². The van der Waals surface area contributed by atoms with Crippen molar-refractivity contribution in [3.63, 3.8) is 0 Å². The molecule has 1 aromatic rings. The topological polar surface area (TPSA) is 94.3 Å². The van der Waals surface area contributed by atoms with Gasteiger partial charge < -0.3 is 28.5 Å². The zero-order valence-corrected chi connectivity index (χ0v) is 21.7. The first-order valence-corrected chi connectivity index (χ1v) is 12.4. The van der Waals surface area contributed by atoms with Crippen molar-refractivity contribution < 1.29 is 28.3 Å². The standard InChI is InChI=1S/C25H41N3O6/c1-16(2)21(22(29)28-12-8-9-18(28)23(30)33-25(3,4)5)19-15-20(26-34-19)27-13-10-17(11-14-27)24(31-6)32-7/h15-18,21,24H,8-14H2,1-7H3. The molecule has 0 aliphatic carbocycles. The molecule has 2 saturated heterocycles. The van der Waals surface area contributed by atoms with Gasteiger partial charge in [0, 0.05) is 45.8 Å². The predicted octanol–water partition coefficient (Wildman–Crippen LogP) is 3.58. The number of amides is 1. The number of rotatable bonds is 8. The van der Waals surface area contributed by atoms with Gasteiger partial charge in [-0.15, -0.1) is 0 Å². The Kier molecular flexibility index (Phi) is 8.62. The van der Waals surface area contributed by atoms with E-state index in [1.807, 2.05) is 40.7 Å². The second-order valence-corrected chi connectivity index (χ2v) is 10.7. The Morgan fingerprint density at radius 1 is 1.09 bits per heavy atom. The van der Waals surface area contributed by atoms with Gasteiger partial charge in [0.15, 0.2) is 17.9 Å². The number of anilines is 1. The molecule has 0 aromatic carbocycles. The summed E-state index contributed by atoms with van der Waals surface area (Å²) in [5, 5.41) is 4.29. The first kappa shape index (κ1) is 26.5. The van der Waals surface area contributed by atoms with E-state index in [0.717, 1.165) is 38.2 Å². The lowest BCUT2D eigenvalue weighted by molar-refractivity contribution is -0.163. The molecule has 192 valence electrons. The highest BCUT2D eigenvalue weighted by molar-refractivity contribution is 5.89. The van der Waals surface area contributed by atoms with Crippen molar-refractivity contribution in [2.75, 3.05) is 38.8 Å². The number of carbonyl (C=O) groups is 2. The molecule has 2 aliphatic heterocycles. The van der Waals surface area contributed by atoms with Crippen LogP contribution in [0.25, 0.3) is 0 Å². The zero-order valence-electron chi connectivity index (χ0n) is 21.7. The molecule has 0 saturated carbocycles. The van der Waals surface area contributed by atoms with E-state index in [0.29, 0.717) is 24.6 Å². The highest BCUT2D eigenvalue weighted by Crippen LogP contribution is 2.34. The molecule has 34 heavy (non-hydrogen) atoms. The molecule has 0 spiro atoms. The lowest BCUT2D eigenvalue weighted by atomic mass is 9.91. The molecule has 9 nitrogen and oxygen atoms in total. The summed E-state index contributed by atoms with van der Waals surface area (Å²) in [6, 6.07) is 1.33. The van der Waals surface area contributed by atoms with Gasteiger partial charge in [-0.2, -0.15) is 0 Å². The fourth-order valence-corrected chi connectivity index (χ4v) is 5.02. The SMILES string of the molecule is COC(OC)C1CCN(c2cc(C(C(=O)N3CCCC3C(=O)OC(C)(C)C)C(C)C)on2)CC1. The normalized spacial score (nSPS) is 20.9. The van der Waals surface area contributed by atoms with Gasteiger partial charge in [0.25, 0.3) is 0 Å². The van der Waals surface area contributed by atoms with Crippen LogP contribution >= 0.6 is 0 Å². The maximum Gasteiger partial charge on any atom is 0.329 e. The van der Waals surface area contributed by atoms with Crippen molar-refractivity contribution in [1.29, 1.82) is 0 Å². The number of methoxy groups -OCH3 is 2. The molecule has 2 fully saturated rings. The Labute approximate surface area is 203 Å². The van der Waals surface area contributed by atoms with Gasteiger partial charge in [-0.1, -0.05) is 19.0 Å². The van der Waals surface area contributed by atoms with E-state index in [-0.39, 0.29) is 24.1 Å². The Balaban J connectivity index is 1.70. The van der Waals surface area contributed by atoms with Gasteiger partial charge in [0.1, 0.15) is 17.6 Å². The third-order valence-corrected chi connectivity index (χ3v) is 6.68. The number of nitrogens with zero attached hydrogens (tertiary/aromatic N) is 3. The van der Waals surface area contributed by atoms with Crippen molar-refractivity contribution >= 4 is 17.7 Å². The molecule has 0 bridgehead atoms. The van der Waals surface area contributed by atoms with Gasteiger partial charge in [-0.3, -0.25) is 4.79 Å². The number of hydrogen-bond acceptors (Lipinski definition) is 8. The van der Waals surface area contributed by atoms with Crippen molar-refractivity contribution in [1.82, 2.24) is 10.1 Å². The van der Waals surface area contributed by atoms with Gasteiger partial charge in [-0.25, -0.2) is 4.79 Å². The van der Waals surface area contributed by atoms with E-state index in [4.69, 9.17) is 18.7 Å². The van der Waals surface area contributed by atoms with Crippen LogP contribution in [0.3, 0.4) is 0 Å². The lowest BCUT2D eigenvalue weighted by Crippen LogP contribution is -2.46. The molecule has 9 heteroatoms. The van der Waals surface area contributed by atoms with Crippen molar-refractivity contribution in [2.45, 2.75) is 84.2 Å². The monoisotopic (exact) mass is 479 g/mol. The maximum atomic E-state index is 13.6. The summed E-state index contributed by atoms with van der Waals surface area (Å²) >= 11 is 0. The molecule has 1 aromatic heterocycles. The molecule has 3 heterocycles. The number of esters is 1. The molecule has 0 N–H and O–H groups in total. The molecule has 2 aliphatic rings. The third kappa shape index (κ3) is 6.10. The molecule has 2 atom stereocenters. The quantitative estimate of drug-likeness (QED) is 0.413. The Morgan fingerprint density at radius 2 is 1.74 bits per heavy atom. The number of likely N-dealkylation sites (tertiary alicyclic amines) is 1. The molecular formula is C25H41N3O6. The smallest absolute Gasteiger partial charge is 0.329 e. The molecule has 0 radical (unpaired) electrons. The van der Waals surface area contributed by atoms with Gasteiger partial charge >= 0.3 is 5.97 Å². The van der Waals surface area contributed by atoms with Crippen molar-refractivity contribution in [3.8, 4) is 0 Å². The summed E-state index contributed by atoms with van der Waals surface area (Å²) in [4.78, 5) is 30.2. The van der Waals surface area contributed by atoms with E-state index >= 15 is 0 Å². The van der Waals surface area contributed by atoms with Crippen LogP contribution in [0.4, 0.5) is 5.82 Å². The van der Waals surface area contributed by atoms with Crippen LogP contribution in [-0.4, -0.2) is 73.7 Å². The van der Waals surface area contributed by atoms with Crippen LogP contribution in [0.2, 0.25) is 0 Å². The maximum absolute atomic E-state index is 13.6. The summed E-state index contributed by atoms with van der Waals surface area (Å²) < 4.78 is 22.1. The molecular weight excluding hydrogens is 438 g/mol. The van der Waals surface area contributed by atoms with E-state index in [1.165, 1.54) is 0 Å². The van der Waals surface area contributed by atoms with E-state index in [2.05, 4.69) is 10.1 Å². The fraction of sp³-hybridized carbons (Fsp3) is 0.800. The van der Waals surface area contributed by atoms with Gasteiger partial charge in [0.05, 0.1) is 0 Å².